The lowest BCUT2D eigenvalue weighted by Crippen LogP contribution is -2.03. The molecule has 1 aromatic rings. The summed E-state index contributed by atoms with van der Waals surface area (Å²) < 4.78 is 24.4. The van der Waals surface area contributed by atoms with Crippen LogP contribution in [0.1, 0.15) is 6.92 Å². The minimum absolute atomic E-state index is 0.551. The predicted molar refractivity (Wildman–Crippen MR) is 61.6 cm³/mol. The minimum Gasteiger partial charge on any atom is -0.380 e. The number of benzene rings is 1. The van der Waals surface area contributed by atoms with Gasteiger partial charge in [-0.25, -0.2) is 0 Å². The van der Waals surface area contributed by atoms with Gasteiger partial charge in [-0.15, -0.1) is 0 Å². The highest BCUT2D eigenvalue weighted by atomic mass is 32.2. The van der Waals surface area contributed by atoms with Crippen molar-refractivity contribution in [1.82, 2.24) is 0 Å². The molecule has 0 radical (unpaired) electrons. The van der Waals surface area contributed by atoms with Crippen LogP contribution in [0.15, 0.2) is 41.3 Å². The fourth-order valence-corrected chi connectivity index (χ4v) is 1.67. The average Bonchev–Trinajstić information content (AvgIpc) is 2.15. The molecule has 82 valence electrons. The van der Waals surface area contributed by atoms with Gasteiger partial charge in [0, 0.05) is 17.1 Å². The van der Waals surface area contributed by atoms with Crippen molar-refractivity contribution in [3.05, 3.63) is 36.4 Å². The molecule has 0 aliphatic carbocycles. The molecule has 0 aromatic heterocycles. The van der Waals surface area contributed by atoms with Crippen molar-refractivity contribution in [2.45, 2.75) is 17.6 Å². The Bertz CT molecular complexity index is 339. The number of anilines is 1. The van der Waals surface area contributed by atoms with E-state index >= 15 is 0 Å². The number of thioether (sulfide) groups is 1. The molecular weight excluding hydrogens is 216 g/mol. The van der Waals surface area contributed by atoms with Crippen molar-refractivity contribution in [2.24, 2.45) is 0 Å². The van der Waals surface area contributed by atoms with Gasteiger partial charge in [-0.3, -0.25) is 0 Å². The molecule has 0 atom stereocenters. The SMILES string of the molecule is C=C(C)CNc1ccccc1SC(F)F. The molecule has 0 saturated heterocycles. The van der Waals surface area contributed by atoms with Gasteiger partial charge in [0.25, 0.3) is 5.76 Å². The van der Waals surface area contributed by atoms with Gasteiger partial charge in [-0.2, -0.15) is 8.78 Å². The standard InChI is InChI=1S/C11H13F2NS/c1-8(2)7-14-9-5-3-4-6-10(9)15-11(12)13/h3-6,11,14H,1,7H2,2H3. The van der Waals surface area contributed by atoms with Crippen LogP contribution >= 0.6 is 11.8 Å². The van der Waals surface area contributed by atoms with Crippen LogP contribution in [0.5, 0.6) is 0 Å². The van der Waals surface area contributed by atoms with E-state index in [4.69, 9.17) is 0 Å². The summed E-state index contributed by atoms with van der Waals surface area (Å²) in [5, 5.41) is 3.06. The van der Waals surface area contributed by atoms with E-state index in [1.165, 1.54) is 0 Å². The number of hydrogen-bond donors (Lipinski definition) is 1. The lowest BCUT2D eigenvalue weighted by Gasteiger charge is -2.10. The molecule has 0 amide bonds. The highest BCUT2D eigenvalue weighted by Crippen LogP contribution is 2.31. The third kappa shape index (κ3) is 4.34. The quantitative estimate of drug-likeness (QED) is 0.605. The Morgan fingerprint density at radius 2 is 2.13 bits per heavy atom. The summed E-state index contributed by atoms with van der Waals surface area (Å²) >= 11 is 0.551. The molecule has 0 aliphatic heterocycles. The van der Waals surface area contributed by atoms with Crippen molar-refractivity contribution in [3.8, 4) is 0 Å². The molecule has 0 fully saturated rings. The van der Waals surface area contributed by atoms with E-state index in [0.29, 0.717) is 23.2 Å². The van der Waals surface area contributed by atoms with E-state index in [1.54, 1.807) is 18.2 Å². The second-order valence-corrected chi connectivity index (χ2v) is 4.22. The lowest BCUT2D eigenvalue weighted by molar-refractivity contribution is 0.252. The zero-order chi connectivity index (χ0) is 11.3. The number of hydrogen-bond acceptors (Lipinski definition) is 2. The van der Waals surface area contributed by atoms with E-state index in [2.05, 4.69) is 11.9 Å². The summed E-state index contributed by atoms with van der Waals surface area (Å²) in [6, 6.07) is 7.03. The molecule has 0 bridgehead atoms. The van der Waals surface area contributed by atoms with Crippen LogP contribution in [0.4, 0.5) is 14.5 Å². The molecule has 0 saturated carbocycles. The van der Waals surface area contributed by atoms with Gasteiger partial charge in [0.05, 0.1) is 0 Å². The maximum atomic E-state index is 12.2. The van der Waals surface area contributed by atoms with Crippen LogP contribution in [0.25, 0.3) is 0 Å². The molecule has 15 heavy (non-hydrogen) atoms. The Kier molecular flexibility index (Phi) is 4.62. The van der Waals surface area contributed by atoms with Gasteiger partial charge < -0.3 is 5.32 Å². The zero-order valence-corrected chi connectivity index (χ0v) is 9.28. The normalized spacial score (nSPS) is 10.4. The first-order valence-corrected chi connectivity index (χ1v) is 5.39. The summed E-state index contributed by atoms with van der Waals surface area (Å²) in [4.78, 5) is 0.564. The van der Waals surface area contributed by atoms with E-state index < -0.39 is 5.76 Å². The number of alkyl halides is 2. The third-order valence-electron chi connectivity index (χ3n) is 1.68. The number of nitrogens with one attached hydrogen (secondary N) is 1. The van der Waals surface area contributed by atoms with Crippen molar-refractivity contribution in [2.75, 3.05) is 11.9 Å². The molecule has 4 heteroatoms. The molecular formula is C11H13F2NS. The molecule has 1 N–H and O–H groups in total. The van der Waals surface area contributed by atoms with Gasteiger partial charge in [-0.05, 0) is 19.1 Å². The predicted octanol–water partition coefficient (Wildman–Crippen LogP) is 3.99. The second kappa shape index (κ2) is 5.75. The summed E-state index contributed by atoms with van der Waals surface area (Å²) in [5.41, 5.74) is 1.69. The highest BCUT2D eigenvalue weighted by Gasteiger charge is 2.08. The molecule has 1 aromatic carbocycles. The number of halogens is 2. The van der Waals surface area contributed by atoms with Gasteiger partial charge in [-0.1, -0.05) is 36.0 Å². The fourth-order valence-electron chi connectivity index (χ4n) is 1.06. The van der Waals surface area contributed by atoms with Crippen LogP contribution < -0.4 is 5.32 Å². The Morgan fingerprint density at radius 1 is 1.47 bits per heavy atom. The van der Waals surface area contributed by atoms with E-state index in [9.17, 15) is 8.78 Å². The van der Waals surface area contributed by atoms with Crippen molar-refractivity contribution < 1.29 is 8.78 Å². The maximum Gasteiger partial charge on any atom is 0.288 e. The van der Waals surface area contributed by atoms with Crippen molar-refractivity contribution in [1.29, 1.82) is 0 Å². The Labute approximate surface area is 92.6 Å². The smallest absolute Gasteiger partial charge is 0.288 e. The minimum atomic E-state index is -2.39. The van der Waals surface area contributed by atoms with Gasteiger partial charge in [0.2, 0.25) is 0 Å². The van der Waals surface area contributed by atoms with Crippen LogP contribution in [0.2, 0.25) is 0 Å². The molecule has 1 rings (SSSR count). The summed E-state index contributed by atoms with van der Waals surface area (Å²) in [5.74, 6) is -2.39. The van der Waals surface area contributed by atoms with E-state index in [-0.39, 0.29) is 0 Å². The Hall–Kier alpha value is -1.03. The van der Waals surface area contributed by atoms with E-state index in [1.807, 2.05) is 13.0 Å². The van der Waals surface area contributed by atoms with E-state index in [0.717, 1.165) is 11.3 Å². The van der Waals surface area contributed by atoms with Crippen LogP contribution in [-0.4, -0.2) is 12.3 Å². The summed E-state index contributed by atoms with van der Waals surface area (Å²) in [6.07, 6.45) is 0. The Morgan fingerprint density at radius 3 is 2.73 bits per heavy atom. The fraction of sp³-hybridized carbons (Fsp3) is 0.273. The van der Waals surface area contributed by atoms with Gasteiger partial charge >= 0.3 is 0 Å². The monoisotopic (exact) mass is 229 g/mol. The average molecular weight is 229 g/mol. The van der Waals surface area contributed by atoms with Crippen molar-refractivity contribution >= 4 is 17.4 Å². The molecule has 1 nitrogen and oxygen atoms in total. The first-order valence-electron chi connectivity index (χ1n) is 4.51. The van der Waals surface area contributed by atoms with Crippen LogP contribution in [0, 0.1) is 0 Å². The number of rotatable bonds is 5. The first kappa shape index (κ1) is 12.0. The van der Waals surface area contributed by atoms with Crippen LogP contribution in [-0.2, 0) is 0 Å². The van der Waals surface area contributed by atoms with Crippen molar-refractivity contribution in [3.63, 3.8) is 0 Å². The maximum absolute atomic E-state index is 12.2. The summed E-state index contributed by atoms with van der Waals surface area (Å²) in [6.45, 7) is 6.23. The summed E-state index contributed by atoms with van der Waals surface area (Å²) in [7, 11) is 0. The van der Waals surface area contributed by atoms with Gasteiger partial charge in [0.15, 0.2) is 0 Å². The molecule has 0 unspecified atom stereocenters. The Balaban J connectivity index is 2.72. The third-order valence-corrected chi connectivity index (χ3v) is 2.47. The largest absolute Gasteiger partial charge is 0.380 e. The first-order chi connectivity index (χ1) is 7.09. The molecule has 0 spiro atoms. The molecule has 0 aliphatic rings. The number of para-hydroxylation sites is 1. The van der Waals surface area contributed by atoms with Crippen LogP contribution in [0.3, 0.4) is 0 Å². The topological polar surface area (TPSA) is 12.0 Å². The second-order valence-electron chi connectivity index (χ2n) is 3.19. The molecule has 0 heterocycles. The zero-order valence-electron chi connectivity index (χ0n) is 8.47. The highest BCUT2D eigenvalue weighted by molar-refractivity contribution is 7.99. The van der Waals surface area contributed by atoms with Gasteiger partial charge in [0.1, 0.15) is 0 Å². The lowest BCUT2D eigenvalue weighted by atomic mass is 10.3.